The molecule has 0 radical (unpaired) electrons. The summed E-state index contributed by atoms with van der Waals surface area (Å²) >= 11 is 0. The summed E-state index contributed by atoms with van der Waals surface area (Å²) < 4.78 is 11.9. The van der Waals surface area contributed by atoms with Gasteiger partial charge in [0.2, 0.25) is 0 Å². The van der Waals surface area contributed by atoms with E-state index in [1.54, 1.807) is 0 Å². The number of aryl methyl sites for hydroxylation is 2. The van der Waals surface area contributed by atoms with Gasteiger partial charge in [0.1, 0.15) is 5.58 Å². The average molecular weight is 407 g/mol. The van der Waals surface area contributed by atoms with Gasteiger partial charge in [-0.15, -0.1) is 0 Å². The van der Waals surface area contributed by atoms with Gasteiger partial charge in [0, 0.05) is 50.4 Å². The minimum Gasteiger partial charge on any atom is -0.451 e. The molecule has 1 amide bonds. The zero-order chi connectivity index (χ0) is 21.3. The Hall–Kier alpha value is -2.79. The standard InChI is InChI=1S/C25H30N2O3/c1-17-7-12-22-18(2)24(30-23(22)14-17)25(28)27(16-21-6-5-13-29-21)15-19-8-10-20(11-9-19)26(3)4/h7-12,14,21H,5-6,13,15-16H2,1-4H3. The van der Waals surface area contributed by atoms with E-state index in [2.05, 4.69) is 35.2 Å². The quantitative estimate of drug-likeness (QED) is 0.582. The van der Waals surface area contributed by atoms with E-state index in [-0.39, 0.29) is 12.0 Å². The Morgan fingerprint density at radius 3 is 2.53 bits per heavy atom. The Labute approximate surface area is 178 Å². The highest BCUT2D eigenvalue weighted by molar-refractivity contribution is 5.99. The molecular weight excluding hydrogens is 376 g/mol. The molecule has 2 heterocycles. The van der Waals surface area contributed by atoms with Crippen LogP contribution in [0.2, 0.25) is 0 Å². The average Bonchev–Trinajstić information content (AvgIpc) is 3.35. The molecule has 158 valence electrons. The van der Waals surface area contributed by atoms with Gasteiger partial charge in [0.15, 0.2) is 5.76 Å². The van der Waals surface area contributed by atoms with Gasteiger partial charge in [-0.25, -0.2) is 0 Å². The lowest BCUT2D eigenvalue weighted by Gasteiger charge is -2.25. The number of amides is 1. The van der Waals surface area contributed by atoms with Crippen molar-refractivity contribution in [1.82, 2.24) is 4.90 Å². The number of carbonyl (C=O) groups excluding carboxylic acids is 1. The van der Waals surface area contributed by atoms with E-state index in [1.807, 2.05) is 45.0 Å². The smallest absolute Gasteiger partial charge is 0.290 e. The van der Waals surface area contributed by atoms with Crippen molar-refractivity contribution in [1.29, 1.82) is 0 Å². The molecule has 0 aliphatic carbocycles. The highest BCUT2D eigenvalue weighted by Gasteiger charge is 2.27. The maximum absolute atomic E-state index is 13.6. The maximum Gasteiger partial charge on any atom is 0.290 e. The number of hydrogen-bond acceptors (Lipinski definition) is 4. The van der Waals surface area contributed by atoms with Crippen molar-refractivity contribution in [3.8, 4) is 0 Å². The predicted octanol–water partition coefficient (Wildman–Crippen LogP) is 4.94. The van der Waals surface area contributed by atoms with Gasteiger partial charge >= 0.3 is 0 Å². The van der Waals surface area contributed by atoms with Crippen LogP contribution in [0.25, 0.3) is 11.0 Å². The normalized spacial score (nSPS) is 16.2. The van der Waals surface area contributed by atoms with Crippen LogP contribution in [0, 0.1) is 13.8 Å². The van der Waals surface area contributed by atoms with Crippen molar-refractivity contribution in [2.75, 3.05) is 32.1 Å². The summed E-state index contributed by atoms with van der Waals surface area (Å²) in [4.78, 5) is 17.5. The van der Waals surface area contributed by atoms with Gasteiger partial charge in [-0.2, -0.15) is 0 Å². The van der Waals surface area contributed by atoms with Crippen molar-refractivity contribution in [3.05, 3.63) is 64.9 Å². The zero-order valence-corrected chi connectivity index (χ0v) is 18.3. The first kappa shape index (κ1) is 20.5. The highest BCUT2D eigenvalue weighted by atomic mass is 16.5. The molecule has 1 saturated heterocycles. The SMILES string of the molecule is Cc1ccc2c(C)c(C(=O)N(Cc3ccc(N(C)C)cc3)CC3CCCO3)oc2c1. The summed E-state index contributed by atoms with van der Waals surface area (Å²) in [5.41, 5.74) is 5.02. The molecule has 1 unspecified atom stereocenters. The number of ether oxygens (including phenoxy) is 1. The van der Waals surface area contributed by atoms with Crippen LogP contribution in [-0.4, -0.2) is 44.2 Å². The molecule has 0 spiro atoms. The summed E-state index contributed by atoms with van der Waals surface area (Å²) in [5.74, 6) is 0.354. The van der Waals surface area contributed by atoms with Crippen LogP contribution in [0.3, 0.4) is 0 Å². The molecule has 0 N–H and O–H groups in total. The molecule has 0 saturated carbocycles. The van der Waals surface area contributed by atoms with E-state index in [1.165, 1.54) is 0 Å². The minimum absolute atomic E-state index is 0.0754. The molecule has 3 aromatic rings. The number of nitrogens with zero attached hydrogens (tertiary/aromatic N) is 2. The van der Waals surface area contributed by atoms with Crippen molar-refractivity contribution in [2.45, 2.75) is 39.3 Å². The van der Waals surface area contributed by atoms with Gasteiger partial charge < -0.3 is 19.0 Å². The van der Waals surface area contributed by atoms with E-state index in [0.717, 1.165) is 52.8 Å². The first-order chi connectivity index (χ1) is 14.4. The summed E-state index contributed by atoms with van der Waals surface area (Å²) in [7, 11) is 4.04. The molecule has 1 fully saturated rings. The predicted molar refractivity (Wildman–Crippen MR) is 120 cm³/mol. The van der Waals surface area contributed by atoms with Crippen molar-refractivity contribution in [2.24, 2.45) is 0 Å². The first-order valence-corrected chi connectivity index (χ1v) is 10.6. The third-order valence-electron chi connectivity index (χ3n) is 5.85. The fourth-order valence-corrected chi connectivity index (χ4v) is 4.05. The Morgan fingerprint density at radius 1 is 1.10 bits per heavy atom. The van der Waals surface area contributed by atoms with E-state index in [0.29, 0.717) is 18.8 Å². The second kappa shape index (κ2) is 8.52. The Balaban J connectivity index is 1.63. The number of rotatable bonds is 6. The van der Waals surface area contributed by atoms with Crippen molar-refractivity contribution < 1.29 is 13.9 Å². The fourth-order valence-electron chi connectivity index (χ4n) is 4.05. The van der Waals surface area contributed by atoms with Crippen LogP contribution in [-0.2, 0) is 11.3 Å². The van der Waals surface area contributed by atoms with Crippen LogP contribution in [0.4, 0.5) is 5.69 Å². The molecule has 5 heteroatoms. The van der Waals surface area contributed by atoms with E-state index in [9.17, 15) is 4.79 Å². The molecule has 1 atom stereocenters. The van der Waals surface area contributed by atoms with E-state index in [4.69, 9.17) is 9.15 Å². The zero-order valence-electron chi connectivity index (χ0n) is 18.3. The minimum atomic E-state index is -0.0754. The lowest BCUT2D eigenvalue weighted by molar-refractivity contribution is 0.0485. The molecule has 1 aromatic heterocycles. The van der Waals surface area contributed by atoms with Gasteiger partial charge in [-0.05, 0) is 56.0 Å². The van der Waals surface area contributed by atoms with E-state index < -0.39 is 0 Å². The van der Waals surface area contributed by atoms with Gasteiger partial charge in [-0.1, -0.05) is 24.3 Å². The number of benzene rings is 2. The van der Waals surface area contributed by atoms with Gasteiger partial charge in [-0.3, -0.25) is 4.79 Å². The van der Waals surface area contributed by atoms with Gasteiger partial charge in [0.25, 0.3) is 5.91 Å². The largest absolute Gasteiger partial charge is 0.451 e. The van der Waals surface area contributed by atoms with Crippen LogP contribution in [0.15, 0.2) is 46.9 Å². The molecule has 5 nitrogen and oxygen atoms in total. The summed E-state index contributed by atoms with van der Waals surface area (Å²) in [6.45, 7) is 5.86. The molecular formula is C25H30N2O3. The lowest BCUT2D eigenvalue weighted by atomic mass is 10.1. The van der Waals surface area contributed by atoms with Crippen LogP contribution < -0.4 is 4.90 Å². The first-order valence-electron chi connectivity index (χ1n) is 10.6. The number of carbonyl (C=O) groups is 1. The Kier molecular flexibility index (Phi) is 5.82. The summed E-state index contributed by atoms with van der Waals surface area (Å²) in [6.07, 6.45) is 2.12. The number of furan rings is 1. The Morgan fingerprint density at radius 2 is 1.87 bits per heavy atom. The van der Waals surface area contributed by atoms with Crippen LogP contribution in [0.5, 0.6) is 0 Å². The van der Waals surface area contributed by atoms with Crippen LogP contribution >= 0.6 is 0 Å². The lowest BCUT2D eigenvalue weighted by Crippen LogP contribution is -2.37. The highest BCUT2D eigenvalue weighted by Crippen LogP contribution is 2.28. The Bertz CT molecular complexity index is 1030. The monoisotopic (exact) mass is 406 g/mol. The molecule has 2 aromatic carbocycles. The van der Waals surface area contributed by atoms with Crippen LogP contribution in [0.1, 0.15) is 40.1 Å². The third kappa shape index (κ3) is 4.21. The second-order valence-electron chi connectivity index (χ2n) is 8.44. The second-order valence-corrected chi connectivity index (χ2v) is 8.44. The third-order valence-corrected chi connectivity index (χ3v) is 5.85. The van der Waals surface area contributed by atoms with E-state index >= 15 is 0 Å². The fraction of sp³-hybridized carbons (Fsp3) is 0.400. The number of fused-ring (bicyclic) bond motifs is 1. The molecule has 30 heavy (non-hydrogen) atoms. The molecule has 0 bridgehead atoms. The molecule has 4 rings (SSSR count). The molecule has 1 aliphatic rings. The topological polar surface area (TPSA) is 45.9 Å². The number of hydrogen-bond donors (Lipinski definition) is 0. The molecule has 1 aliphatic heterocycles. The summed E-state index contributed by atoms with van der Waals surface area (Å²) in [6, 6.07) is 14.4. The van der Waals surface area contributed by atoms with Crippen molar-refractivity contribution in [3.63, 3.8) is 0 Å². The van der Waals surface area contributed by atoms with Crippen molar-refractivity contribution >= 4 is 22.6 Å². The number of anilines is 1. The maximum atomic E-state index is 13.6. The summed E-state index contributed by atoms with van der Waals surface area (Å²) in [5, 5.41) is 0.997. The van der Waals surface area contributed by atoms with Gasteiger partial charge in [0.05, 0.1) is 6.10 Å².